The molecule has 0 saturated carbocycles. The summed E-state index contributed by atoms with van der Waals surface area (Å²) in [7, 11) is 1.72. The van der Waals surface area contributed by atoms with Crippen LogP contribution in [-0.2, 0) is 4.74 Å². The van der Waals surface area contributed by atoms with Crippen molar-refractivity contribution in [3.8, 4) is 0 Å². The Balaban J connectivity index is 2.10. The molecule has 0 N–H and O–H groups in total. The van der Waals surface area contributed by atoms with E-state index in [0.717, 1.165) is 50.0 Å². The summed E-state index contributed by atoms with van der Waals surface area (Å²) in [6, 6.07) is 5.85. The van der Waals surface area contributed by atoms with Crippen LogP contribution in [0.3, 0.4) is 0 Å². The van der Waals surface area contributed by atoms with Gasteiger partial charge in [0.1, 0.15) is 0 Å². The monoisotopic (exact) mass is 309 g/mol. The first-order valence-corrected chi connectivity index (χ1v) is 8.07. The molecule has 21 heavy (non-hydrogen) atoms. The summed E-state index contributed by atoms with van der Waals surface area (Å²) in [4.78, 5) is 14.9. The molecule has 3 nitrogen and oxygen atoms in total. The summed E-state index contributed by atoms with van der Waals surface area (Å²) < 4.78 is 5.13. The number of likely N-dealkylation sites (tertiary alicyclic amines) is 1. The number of amides is 1. The van der Waals surface area contributed by atoms with Gasteiger partial charge in [-0.2, -0.15) is 0 Å². The van der Waals surface area contributed by atoms with Gasteiger partial charge < -0.3 is 9.64 Å². The van der Waals surface area contributed by atoms with Crippen LogP contribution in [0.4, 0.5) is 0 Å². The molecule has 1 aromatic carbocycles. The number of nitrogens with zero attached hydrogens (tertiary/aromatic N) is 1. The minimum Gasteiger partial charge on any atom is -0.385 e. The number of hydrogen-bond donors (Lipinski definition) is 0. The molecule has 0 radical (unpaired) electrons. The summed E-state index contributed by atoms with van der Waals surface area (Å²) in [6.45, 7) is 3.57. The molecule has 1 amide bonds. The smallest absolute Gasteiger partial charge is 0.254 e. The average Bonchev–Trinajstić information content (AvgIpc) is 2.47. The fourth-order valence-electron chi connectivity index (χ4n) is 3.05. The van der Waals surface area contributed by atoms with E-state index in [1.807, 2.05) is 19.1 Å². The zero-order valence-corrected chi connectivity index (χ0v) is 13.7. The van der Waals surface area contributed by atoms with E-state index in [9.17, 15) is 4.79 Å². The molecule has 4 heteroatoms. The van der Waals surface area contributed by atoms with E-state index >= 15 is 0 Å². The van der Waals surface area contributed by atoms with Crippen LogP contribution in [0.1, 0.15) is 48.0 Å². The van der Waals surface area contributed by atoms with Crippen LogP contribution in [0.2, 0.25) is 5.02 Å². The molecule has 1 fully saturated rings. The Bertz CT molecular complexity index is 490. The Hall–Kier alpha value is -1.06. The number of aryl methyl sites for hydroxylation is 1. The first kappa shape index (κ1) is 16.3. The number of rotatable bonds is 5. The van der Waals surface area contributed by atoms with Crippen molar-refractivity contribution in [3.63, 3.8) is 0 Å². The maximum absolute atomic E-state index is 12.8. The summed E-state index contributed by atoms with van der Waals surface area (Å²) in [5, 5.41) is 0.680. The van der Waals surface area contributed by atoms with Gasteiger partial charge in [0.15, 0.2) is 0 Å². The lowest BCUT2D eigenvalue weighted by atomic mass is 9.96. The fraction of sp³-hybridized carbons (Fsp3) is 0.588. The minimum atomic E-state index is 0.145. The van der Waals surface area contributed by atoms with Gasteiger partial charge in [0.2, 0.25) is 0 Å². The van der Waals surface area contributed by atoms with Crippen molar-refractivity contribution in [3.05, 3.63) is 34.3 Å². The molecule has 0 spiro atoms. The van der Waals surface area contributed by atoms with Crippen LogP contribution in [-0.4, -0.2) is 37.1 Å². The van der Waals surface area contributed by atoms with Crippen molar-refractivity contribution in [1.82, 2.24) is 4.90 Å². The van der Waals surface area contributed by atoms with Crippen LogP contribution in [0.25, 0.3) is 0 Å². The lowest BCUT2D eigenvalue weighted by Crippen LogP contribution is -2.44. The van der Waals surface area contributed by atoms with E-state index in [4.69, 9.17) is 16.3 Å². The van der Waals surface area contributed by atoms with Gasteiger partial charge in [0, 0.05) is 36.9 Å². The van der Waals surface area contributed by atoms with Crippen LogP contribution < -0.4 is 0 Å². The Morgan fingerprint density at radius 1 is 1.43 bits per heavy atom. The zero-order chi connectivity index (χ0) is 15.2. The Morgan fingerprint density at radius 3 is 2.95 bits per heavy atom. The molecular weight excluding hydrogens is 286 g/mol. The average molecular weight is 310 g/mol. The molecular formula is C17H24ClNO2. The number of methoxy groups -OCH3 is 1. The summed E-state index contributed by atoms with van der Waals surface area (Å²) in [6.07, 6.45) is 5.43. The topological polar surface area (TPSA) is 29.5 Å². The molecule has 2 rings (SSSR count). The molecule has 0 aromatic heterocycles. The molecule has 1 aromatic rings. The number of carbonyl (C=O) groups is 1. The van der Waals surface area contributed by atoms with Gasteiger partial charge in [-0.05, 0) is 62.8 Å². The summed E-state index contributed by atoms with van der Waals surface area (Å²) in [5.41, 5.74) is 1.73. The molecule has 0 bridgehead atoms. The van der Waals surface area contributed by atoms with Crippen molar-refractivity contribution >= 4 is 17.5 Å². The zero-order valence-electron chi connectivity index (χ0n) is 12.9. The maximum atomic E-state index is 12.8. The predicted molar refractivity (Wildman–Crippen MR) is 86.0 cm³/mol. The van der Waals surface area contributed by atoms with Gasteiger partial charge in [-0.3, -0.25) is 4.79 Å². The first-order valence-electron chi connectivity index (χ1n) is 7.69. The van der Waals surface area contributed by atoms with Crippen molar-refractivity contribution in [2.75, 3.05) is 20.3 Å². The largest absolute Gasteiger partial charge is 0.385 e. The quantitative estimate of drug-likeness (QED) is 0.767. The van der Waals surface area contributed by atoms with Gasteiger partial charge in [0.05, 0.1) is 0 Å². The number of piperidine rings is 1. The van der Waals surface area contributed by atoms with Crippen LogP contribution in [0, 0.1) is 6.92 Å². The van der Waals surface area contributed by atoms with Crippen LogP contribution in [0.15, 0.2) is 18.2 Å². The van der Waals surface area contributed by atoms with E-state index < -0.39 is 0 Å². The molecule has 116 valence electrons. The van der Waals surface area contributed by atoms with Gasteiger partial charge in [-0.1, -0.05) is 11.6 Å². The third kappa shape index (κ3) is 4.21. The maximum Gasteiger partial charge on any atom is 0.254 e. The molecule has 1 atom stereocenters. The van der Waals surface area contributed by atoms with Gasteiger partial charge in [-0.25, -0.2) is 0 Å². The molecule has 1 aliphatic rings. The highest BCUT2D eigenvalue weighted by atomic mass is 35.5. The standard InChI is InChI=1S/C17H24ClNO2/c1-13-12-14(18)8-9-16(13)17(20)19-10-4-3-6-15(19)7-5-11-21-2/h8-9,12,15H,3-7,10-11H2,1-2H3/t15-/m1/s1. The van der Waals surface area contributed by atoms with Gasteiger partial charge in [0.25, 0.3) is 5.91 Å². The van der Waals surface area contributed by atoms with Crippen molar-refractivity contribution in [1.29, 1.82) is 0 Å². The third-order valence-electron chi connectivity index (χ3n) is 4.19. The predicted octanol–water partition coefficient (Wildman–Crippen LogP) is 4.07. The Morgan fingerprint density at radius 2 is 2.24 bits per heavy atom. The van der Waals surface area contributed by atoms with Gasteiger partial charge >= 0.3 is 0 Å². The summed E-state index contributed by atoms with van der Waals surface area (Å²) in [5.74, 6) is 0.145. The summed E-state index contributed by atoms with van der Waals surface area (Å²) >= 11 is 5.98. The number of ether oxygens (including phenoxy) is 1. The van der Waals surface area contributed by atoms with E-state index in [-0.39, 0.29) is 5.91 Å². The number of hydrogen-bond acceptors (Lipinski definition) is 2. The highest BCUT2D eigenvalue weighted by Crippen LogP contribution is 2.25. The van der Waals surface area contributed by atoms with Crippen molar-refractivity contribution in [2.24, 2.45) is 0 Å². The van der Waals surface area contributed by atoms with Gasteiger partial charge in [-0.15, -0.1) is 0 Å². The Labute approximate surface area is 132 Å². The fourth-order valence-corrected chi connectivity index (χ4v) is 3.28. The van der Waals surface area contributed by atoms with E-state index in [0.29, 0.717) is 11.1 Å². The Kier molecular flexibility index (Phi) is 6.07. The number of carbonyl (C=O) groups excluding carboxylic acids is 1. The lowest BCUT2D eigenvalue weighted by Gasteiger charge is -2.36. The first-order chi connectivity index (χ1) is 10.1. The number of halogens is 1. The highest BCUT2D eigenvalue weighted by Gasteiger charge is 2.27. The second kappa shape index (κ2) is 7.81. The molecule has 1 heterocycles. The van der Waals surface area contributed by atoms with E-state index in [1.165, 1.54) is 6.42 Å². The molecule has 0 unspecified atom stereocenters. The third-order valence-corrected chi connectivity index (χ3v) is 4.43. The molecule has 1 saturated heterocycles. The molecule has 1 aliphatic heterocycles. The lowest BCUT2D eigenvalue weighted by molar-refractivity contribution is 0.0584. The minimum absolute atomic E-state index is 0.145. The normalized spacial score (nSPS) is 18.8. The second-order valence-electron chi connectivity index (χ2n) is 5.74. The molecule has 0 aliphatic carbocycles. The van der Waals surface area contributed by atoms with Crippen LogP contribution >= 0.6 is 11.6 Å². The van der Waals surface area contributed by atoms with Crippen LogP contribution in [0.5, 0.6) is 0 Å². The van der Waals surface area contributed by atoms with Crippen molar-refractivity contribution < 1.29 is 9.53 Å². The SMILES string of the molecule is COCCC[C@H]1CCCCN1C(=O)c1ccc(Cl)cc1C. The van der Waals surface area contributed by atoms with E-state index in [2.05, 4.69) is 4.90 Å². The van der Waals surface area contributed by atoms with Crippen molar-refractivity contribution in [2.45, 2.75) is 45.1 Å². The second-order valence-corrected chi connectivity index (χ2v) is 6.18. The number of benzene rings is 1. The highest BCUT2D eigenvalue weighted by molar-refractivity contribution is 6.30. The van der Waals surface area contributed by atoms with E-state index in [1.54, 1.807) is 13.2 Å².